The topological polar surface area (TPSA) is 86.8 Å². The van der Waals surface area contributed by atoms with E-state index in [2.05, 4.69) is 5.32 Å². The number of likely N-dealkylation sites (N-methyl/N-ethyl adjacent to an activating group) is 1. The van der Waals surface area contributed by atoms with Crippen LogP contribution in [0.3, 0.4) is 0 Å². The van der Waals surface area contributed by atoms with E-state index in [-0.39, 0.29) is 34.5 Å². The number of carbonyl (C=O) groups is 2. The van der Waals surface area contributed by atoms with Crippen molar-refractivity contribution in [1.82, 2.24) is 10.2 Å². The van der Waals surface area contributed by atoms with Gasteiger partial charge in [0.2, 0.25) is 11.8 Å². The van der Waals surface area contributed by atoms with Gasteiger partial charge in [0, 0.05) is 19.5 Å². The van der Waals surface area contributed by atoms with E-state index in [0.717, 1.165) is 26.6 Å². The van der Waals surface area contributed by atoms with Crippen LogP contribution in [0.2, 0.25) is 5.02 Å². The number of para-hydroxylation sites is 1. The summed E-state index contributed by atoms with van der Waals surface area (Å²) in [5, 5.41) is 3.05. The highest BCUT2D eigenvalue weighted by atomic mass is 35.5. The molecule has 2 amide bonds. The lowest BCUT2D eigenvalue weighted by Crippen LogP contribution is -2.53. The summed E-state index contributed by atoms with van der Waals surface area (Å²) in [5.41, 5.74) is 3.74. The van der Waals surface area contributed by atoms with Gasteiger partial charge in [-0.1, -0.05) is 96.0 Å². The van der Waals surface area contributed by atoms with Gasteiger partial charge in [-0.3, -0.25) is 13.9 Å². The maximum atomic E-state index is 14.4. The number of hydrogen-bond donors (Lipinski definition) is 1. The second-order valence-electron chi connectivity index (χ2n) is 10.3. The van der Waals surface area contributed by atoms with Gasteiger partial charge in [0.15, 0.2) is 0 Å². The molecule has 4 aromatic carbocycles. The molecular weight excluding hydrogens is 582 g/mol. The van der Waals surface area contributed by atoms with Gasteiger partial charge in [-0.25, -0.2) is 8.42 Å². The zero-order valence-corrected chi connectivity index (χ0v) is 26.1. The Labute approximate surface area is 259 Å². The maximum Gasteiger partial charge on any atom is 0.264 e. The molecule has 1 N–H and O–H groups in total. The standard InChI is InChI=1S/C34H36ClN3O4S/c1-4-36-34(40)32(22-27-13-6-5-7-14-27)37(23-28-15-9-8-12-26(28)3)33(39)24-38(31-17-11-10-16-30(31)35)43(41,42)29-20-18-25(2)19-21-29/h5-21,32H,4,22-24H2,1-3H3,(H,36,40). The van der Waals surface area contributed by atoms with Gasteiger partial charge in [0.1, 0.15) is 12.6 Å². The Bertz CT molecular complexity index is 1660. The number of nitrogens with one attached hydrogen (secondary N) is 1. The van der Waals surface area contributed by atoms with Crippen LogP contribution in [0.5, 0.6) is 0 Å². The van der Waals surface area contributed by atoms with Crippen LogP contribution in [-0.2, 0) is 32.6 Å². The van der Waals surface area contributed by atoms with E-state index in [4.69, 9.17) is 11.6 Å². The molecule has 0 aromatic heterocycles. The molecule has 7 nitrogen and oxygen atoms in total. The number of aryl methyl sites for hydroxylation is 2. The molecule has 0 fully saturated rings. The zero-order valence-electron chi connectivity index (χ0n) is 24.5. The smallest absolute Gasteiger partial charge is 0.264 e. The number of halogens is 1. The van der Waals surface area contributed by atoms with E-state index in [1.54, 1.807) is 36.4 Å². The van der Waals surface area contributed by atoms with Crippen molar-refractivity contribution in [2.24, 2.45) is 0 Å². The minimum atomic E-state index is -4.22. The second kappa shape index (κ2) is 14.4. The average molecular weight is 618 g/mol. The van der Waals surface area contributed by atoms with Gasteiger partial charge in [-0.05, 0) is 61.7 Å². The predicted molar refractivity (Wildman–Crippen MR) is 172 cm³/mol. The minimum absolute atomic E-state index is 0.0286. The van der Waals surface area contributed by atoms with E-state index in [9.17, 15) is 18.0 Å². The number of sulfonamides is 1. The van der Waals surface area contributed by atoms with Crippen molar-refractivity contribution in [2.45, 2.75) is 44.7 Å². The fourth-order valence-corrected chi connectivity index (χ4v) is 6.54. The van der Waals surface area contributed by atoms with Crippen molar-refractivity contribution in [3.05, 3.63) is 130 Å². The van der Waals surface area contributed by atoms with E-state index in [1.165, 1.54) is 17.0 Å². The highest BCUT2D eigenvalue weighted by molar-refractivity contribution is 7.92. The summed E-state index contributed by atoms with van der Waals surface area (Å²) < 4.78 is 29.2. The molecule has 0 saturated carbocycles. The SMILES string of the molecule is CCNC(=O)C(Cc1ccccc1)N(Cc1ccccc1C)C(=O)CN(c1ccccc1Cl)S(=O)(=O)c1ccc(C)cc1. The molecule has 0 bridgehead atoms. The first kappa shape index (κ1) is 31.8. The molecule has 1 unspecified atom stereocenters. The van der Waals surface area contributed by atoms with Crippen molar-refractivity contribution < 1.29 is 18.0 Å². The summed E-state index contributed by atoms with van der Waals surface area (Å²) in [6.07, 6.45) is 0.251. The highest BCUT2D eigenvalue weighted by Gasteiger charge is 2.35. The molecule has 4 aromatic rings. The van der Waals surface area contributed by atoms with Gasteiger partial charge < -0.3 is 10.2 Å². The fourth-order valence-electron chi connectivity index (χ4n) is 4.82. The second-order valence-corrected chi connectivity index (χ2v) is 12.6. The number of hydrogen-bond acceptors (Lipinski definition) is 4. The zero-order chi connectivity index (χ0) is 31.0. The maximum absolute atomic E-state index is 14.4. The molecule has 0 aliphatic carbocycles. The van der Waals surface area contributed by atoms with Crippen LogP contribution in [0.4, 0.5) is 5.69 Å². The lowest BCUT2D eigenvalue weighted by atomic mass is 10.0. The first-order valence-electron chi connectivity index (χ1n) is 14.1. The van der Waals surface area contributed by atoms with Crippen molar-refractivity contribution in [1.29, 1.82) is 0 Å². The minimum Gasteiger partial charge on any atom is -0.355 e. The monoisotopic (exact) mass is 617 g/mol. The highest BCUT2D eigenvalue weighted by Crippen LogP contribution is 2.31. The first-order valence-corrected chi connectivity index (χ1v) is 15.9. The van der Waals surface area contributed by atoms with Crippen molar-refractivity contribution in [3.63, 3.8) is 0 Å². The third-order valence-corrected chi connectivity index (χ3v) is 9.33. The Morgan fingerprint density at radius 2 is 1.47 bits per heavy atom. The summed E-state index contributed by atoms with van der Waals surface area (Å²) in [4.78, 5) is 29.5. The summed E-state index contributed by atoms with van der Waals surface area (Å²) in [6.45, 7) is 5.55. The van der Waals surface area contributed by atoms with Crippen LogP contribution >= 0.6 is 11.6 Å². The van der Waals surface area contributed by atoms with Crippen LogP contribution in [0.1, 0.15) is 29.2 Å². The van der Waals surface area contributed by atoms with Gasteiger partial charge in [-0.15, -0.1) is 0 Å². The van der Waals surface area contributed by atoms with Crippen molar-refractivity contribution in [3.8, 4) is 0 Å². The Balaban J connectivity index is 1.81. The number of anilines is 1. The lowest BCUT2D eigenvalue weighted by Gasteiger charge is -2.34. The quantitative estimate of drug-likeness (QED) is 0.214. The van der Waals surface area contributed by atoms with Crippen LogP contribution in [0, 0.1) is 13.8 Å². The summed E-state index contributed by atoms with van der Waals surface area (Å²) in [5.74, 6) is -0.856. The summed E-state index contributed by atoms with van der Waals surface area (Å²) >= 11 is 6.52. The Morgan fingerprint density at radius 1 is 0.837 bits per heavy atom. The number of carbonyl (C=O) groups excluding carboxylic acids is 2. The van der Waals surface area contributed by atoms with E-state index >= 15 is 0 Å². The van der Waals surface area contributed by atoms with Crippen LogP contribution < -0.4 is 9.62 Å². The van der Waals surface area contributed by atoms with Crippen LogP contribution in [0.25, 0.3) is 0 Å². The summed E-state index contributed by atoms with van der Waals surface area (Å²) in [6, 6.07) is 29.1. The Morgan fingerprint density at radius 3 is 2.12 bits per heavy atom. The molecule has 4 rings (SSSR count). The molecule has 0 heterocycles. The molecular formula is C34H36ClN3O4S. The number of benzene rings is 4. The third kappa shape index (κ3) is 7.83. The van der Waals surface area contributed by atoms with Crippen molar-refractivity contribution in [2.75, 3.05) is 17.4 Å². The van der Waals surface area contributed by atoms with Gasteiger partial charge in [0.25, 0.3) is 10.0 Å². The molecule has 43 heavy (non-hydrogen) atoms. The largest absolute Gasteiger partial charge is 0.355 e. The Kier molecular flexibility index (Phi) is 10.6. The molecule has 0 aliphatic rings. The molecule has 0 aliphatic heterocycles. The van der Waals surface area contributed by atoms with E-state index < -0.39 is 28.5 Å². The van der Waals surface area contributed by atoms with Gasteiger partial charge >= 0.3 is 0 Å². The number of rotatable bonds is 12. The molecule has 9 heteroatoms. The lowest BCUT2D eigenvalue weighted by molar-refractivity contribution is -0.140. The molecule has 0 radical (unpaired) electrons. The third-order valence-electron chi connectivity index (χ3n) is 7.23. The van der Waals surface area contributed by atoms with Crippen LogP contribution in [0.15, 0.2) is 108 Å². The summed E-state index contributed by atoms with van der Waals surface area (Å²) in [7, 11) is -4.22. The normalized spacial score (nSPS) is 11.9. The molecule has 1 atom stereocenters. The number of amides is 2. The average Bonchev–Trinajstić information content (AvgIpc) is 2.99. The van der Waals surface area contributed by atoms with E-state index in [1.807, 2.05) is 75.4 Å². The van der Waals surface area contributed by atoms with Crippen LogP contribution in [-0.4, -0.2) is 44.3 Å². The molecule has 0 saturated heterocycles. The fraction of sp³-hybridized carbons (Fsp3) is 0.235. The molecule has 0 spiro atoms. The Hall–Kier alpha value is -4.14. The predicted octanol–water partition coefficient (Wildman–Crippen LogP) is 5.93. The van der Waals surface area contributed by atoms with Crippen molar-refractivity contribution >= 4 is 39.1 Å². The van der Waals surface area contributed by atoms with E-state index in [0.29, 0.717) is 6.54 Å². The van der Waals surface area contributed by atoms with Gasteiger partial charge in [0.05, 0.1) is 15.6 Å². The number of nitrogens with zero attached hydrogens (tertiary/aromatic N) is 2. The van der Waals surface area contributed by atoms with Gasteiger partial charge in [-0.2, -0.15) is 0 Å². The first-order chi connectivity index (χ1) is 20.6. The molecule has 224 valence electrons.